The average Bonchev–Trinajstić information content (AvgIpc) is 3.20. The first kappa shape index (κ1) is 16.3. The number of halogens is 1. The highest BCUT2D eigenvalue weighted by Crippen LogP contribution is 2.26. The Morgan fingerprint density at radius 3 is 3.00 bits per heavy atom. The summed E-state index contributed by atoms with van der Waals surface area (Å²) >= 11 is 3.50. The van der Waals surface area contributed by atoms with Gasteiger partial charge in [-0.15, -0.1) is 0 Å². The van der Waals surface area contributed by atoms with Crippen LogP contribution in [0.4, 0.5) is 11.6 Å². The van der Waals surface area contributed by atoms with E-state index >= 15 is 0 Å². The van der Waals surface area contributed by atoms with Gasteiger partial charge in [-0.2, -0.15) is 9.61 Å². The lowest BCUT2D eigenvalue weighted by molar-refractivity contribution is 0.171. The molecule has 7 nitrogen and oxygen atoms in total. The van der Waals surface area contributed by atoms with Crippen LogP contribution in [-0.4, -0.2) is 36.8 Å². The van der Waals surface area contributed by atoms with E-state index in [9.17, 15) is 5.11 Å². The molecule has 130 valence electrons. The SMILES string of the molecule is O[C@H]1CCCC1Nc1cc(NCc2cccnc2)n2ncc(Br)c2n1. The molecule has 3 aromatic rings. The third kappa shape index (κ3) is 3.45. The summed E-state index contributed by atoms with van der Waals surface area (Å²) in [4.78, 5) is 8.76. The molecule has 3 aromatic heterocycles. The van der Waals surface area contributed by atoms with Crippen molar-refractivity contribution in [3.05, 3.63) is 46.8 Å². The van der Waals surface area contributed by atoms with Gasteiger partial charge in [0, 0.05) is 25.0 Å². The molecule has 3 heterocycles. The van der Waals surface area contributed by atoms with Crippen LogP contribution < -0.4 is 10.6 Å². The minimum Gasteiger partial charge on any atom is -0.391 e. The molecule has 25 heavy (non-hydrogen) atoms. The van der Waals surface area contributed by atoms with Crippen molar-refractivity contribution in [2.24, 2.45) is 0 Å². The van der Waals surface area contributed by atoms with Gasteiger partial charge >= 0.3 is 0 Å². The van der Waals surface area contributed by atoms with E-state index in [0.29, 0.717) is 6.54 Å². The quantitative estimate of drug-likeness (QED) is 0.608. The molecule has 0 saturated heterocycles. The van der Waals surface area contributed by atoms with E-state index in [1.807, 2.05) is 24.4 Å². The second-order valence-corrected chi connectivity index (χ2v) is 7.07. The van der Waals surface area contributed by atoms with Crippen LogP contribution in [0.5, 0.6) is 0 Å². The molecular weight excluding hydrogens is 384 g/mol. The van der Waals surface area contributed by atoms with E-state index in [1.54, 1.807) is 16.9 Å². The van der Waals surface area contributed by atoms with E-state index < -0.39 is 0 Å². The Kier molecular flexibility index (Phi) is 4.54. The van der Waals surface area contributed by atoms with Crippen LogP contribution in [0.15, 0.2) is 41.3 Å². The normalized spacial score (nSPS) is 20.1. The van der Waals surface area contributed by atoms with Crippen LogP contribution in [0.2, 0.25) is 0 Å². The van der Waals surface area contributed by atoms with Gasteiger partial charge in [-0.3, -0.25) is 4.98 Å². The van der Waals surface area contributed by atoms with E-state index in [-0.39, 0.29) is 12.1 Å². The first-order valence-corrected chi connectivity index (χ1v) is 9.11. The van der Waals surface area contributed by atoms with E-state index in [4.69, 9.17) is 0 Å². The summed E-state index contributed by atoms with van der Waals surface area (Å²) in [5.41, 5.74) is 1.81. The number of hydrogen-bond donors (Lipinski definition) is 3. The smallest absolute Gasteiger partial charge is 0.173 e. The zero-order chi connectivity index (χ0) is 17.2. The number of rotatable bonds is 5. The van der Waals surface area contributed by atoms with Crippen LogP contribution >= 0.6 is 15.9 Å². The minimum absolute atomic E-state index is 0.0443. The summed E-state index contributed by atoms with van der Waals surface area (Å²) in [6, 6.07) is 5.90. The Balaban J connectivity index is 1.62. The van der Waals surface area contributed by atoms with Crippen LogP contribution in [0.1, 0.15) is 24.8 Å². The summed E-state index contributed by atoms with van der Waals surface area (Å²) in [6.45, 7) is 0.635. The fourth-order valence-corrected chi connectivity index (χ4v) is 3.48. The Hall–Kier alpha value is -2.19. The molecule has 0 aliphatic heterocycles. The van der Waals surface area contributed by atoms with Crippen molar-refractivity contribution in [1.82, 2.24) is 19.6 Å². The average molecular weight is 403 g/mol. The number of pyridine rings is 1. The van der Waals surface area contributed by atoms with Gasteiger partial charge in [0.05, 0.1) is 22.8 Å². The monoisotopic (exact) mass is 402 g/mol. The highest BCUT2D eigenvalue weighted by atomic mass is 79.9. The lowest BCUT2D eigenvalue weighted by atomic mass is 10.2. The molecule has 0 aromatic carbocycles. The van der Waals surface area contributed by atoms with Crippen molar-refractivity contribution >= 4 is 33.2 Å². The maximum absolute atomic E-state index is 10.1. The topological polar surface area (TPSA) is 87.4 Å². The summed E-state index contributed by atoms with van der Waals surface area (Å²) in [6.07, 6.45) is 7.81. The largest absolute Gasteiger partial charge is 0.391 e. The Bertz CT molecular complexity index is 868. The number of aliphatic hydroxyl groups excluding tert-OH is 1. The van der Waals surface area contributed by atoms with Gasteiger partial charge in [0.15, 0.2) is 5.65 Å². The lowest BCUT2D eigenvalue weighted by Gasteiger charge is -2.18. The second kappa shape index (κ2) is 6.97. The Labute approximate surface area is 153 Å². The summed E-state index contributed by atoms with van der Waals surface area (Å²) in [7, 11) is 0. The van der Waals surface area contributed by atoms with Gasteiger partial charge in [0.25, 0.3) is 0 Å². The summed E-state index contributed by atoms with van der Waals surface area (Å²) in [5, 5.41) is 21.2. The van der Waals surface area contributed by atoms with E-state index in [1.165, 1.54) is 0 Å². The zero-order valence-corrected chi connectivity index (χ0v) is 15.1. The fourth-order valence-electron chi connectivity index (χ4n) is 3.13. The van der Waals surface area contributed by atoms with Crippen molar-refractivity contribution in [2.75, 3.05) is 10.6 Å². The molecule has 2 atom stereocenters. The van der Waals surface area contributed by atoms with E-state index in [2.05, 4.69) is 41.6 Å². The number of fused-ring (bicyclic) bond motifs is 1. The van der Waals surface area contributed by atoms with Crippen LogP contribution in [0.25, 0.3) is 5.65 Å². The number of aliphatic hydroxyl groups is 1. The molecule has 0 amide bonds. The maximum Gasteiger partial charge on any atom is 0.173 e. The van der Waals surface area contributed by atoms with Gasteiger partial charge < -0.3 is 15.7 Å². The summed E-state index contributed by atoms with van der Waals surface area (Å²) < 4.78 is 2.59. The van der Waals surface area contributed by atoms with E-state index in [0.717, 1.165) is 46.6 Å². The van der Waals surface area contributed by atoms with Gasteiger partial charge in [-0.05, 0) is 46.8 Å². The molecule has 0 bridgehead atoms. The molecule has 0 radical (unpaired) electrons. The first-order chi connectivity index (χ1) is 12.2. The number of aromatic nitrogens is 4. The lowest BCUT2D eigenvalue weighted by Crippen LogP contribution is -2.28. The molecule has 1 aliphatic carbocycles. The van der Waals surface area contributed by atoms with Gasteiger partial charge in [0.1, 0.15) is 11.6 Å². The zero-order valence-electron chi connectivity index (χ0n) is 13.6. The molecule has 0 spiro atoms. The third-order valence-electron chi connectivity index (χ3n) is 4.44. The van der Waals surface area contributed by atoms with Crippen LogP contribution in [0.3, 0.4) is 0 Å². The van der Waals surface area contributed by atoms with Crippen molar-refractivity contribution in [3.63, 3.8) is 0 Å². The maximum atomic E-state index is 10.1. The molecule has 1 aliphatic rings. The molecule has 4 rings (SSSR count). The fraction of sp³-hybridized carbons (Fsp3) is 0.353. The minimum atomic E-state index is -0.321. The molecule has 1 fully saturated rings. The predicted molar refractivity (Wildman–Crippen MR) is 99.5 cm³/mol. The number of anilines is 2. The molecular formula is C17H19BrN6O. The highest BCUT2D eigenvalue weighted by molar-refractivity contribution is 9.10. The van der Waals surface area contributed by atoms with Crippen molar-refractivity contribution in [2.45, 2.75) is 38.0 Å². The predicted octanol–water partition coefficient (Wildman–Crippen LogP) is 2.82. The highest BCUT2D eigenvalue weighted by Gasteiger charge is 2.25. The molecule has 8 heteroatoms. The molecule has 1 unspecified atom stereocenters. The Morgan fingerprint density at radius 1 is 1.32 bits per heavy atom. The number of nitrogens with zero attached hydrogens (tertiary/aromatic N) is 4. The molecule has 1 saturated carbocycles. The standard InChI is InChI=1S/C17H19BrN6O/c18-12-10-21-24-16(20-9-11-3-2-6-19-8-11)7-15(23-17(12)24)22-13-4-1-5-14(13)25/h2-3,6-8,10,13-14,20,25H,1,4-5,9H2,(H,22,23)/t13?,14-/m0/s1. The second-order valence-electron chi connectivity index (χ2n) is 6.22. The van der Waals surface area contributed by atoms with Gasteiger partial charge in [0.2, 0.25) is 0 Å². The van der Waals surface area contributed by atoms with Crippen LogP contribution in [0, 0.1) is 0 Å². The number of nitrogens with one attached hydrogen (secondary N) is 2. The first-order valence-electron chi connectivity index (χ1n) is 8.32. The van der Waals surface area contributed by atoms with Crippen molar-refractivity contribution in [3.8, 4) is 0 Å². The Morgan fingerprint density at radius 2 is 2.24 bits per heavy atom. The molecule has 3 N–H and O–H groups in total. The summed E-state index contributed by atoms with van der Waals surface area (Å²) in [5.74, 6) is 1.56. The number of hydrogen-bond acceptors (Lipinski definition) is 6. The van der Waals surface area contributed by atoms with Crippen molar-refractivity contribution in [1.29, 1.82) is 0 Å². The van der Waals surface area contributed by atoms with Gasteiger partial charge in [-0.25, -0.2) is 4.98 Å². The third-order valence-corrected chi connectivity index (χ3v) is 5.00. The van der Waals surface area contributed by atoms with Gasteiger partial charge in [-0.1, -0.05) is 6.07 Å². The van der Waals surface area contributed by atoms with Crippen molar-refractivity contribution < 1.29 is 5.11 Å². The van der Waals surface area contributed by atoms with Crippen LogP contribution in [-0.2, 0) is 6.54 Å².